The summed E-state index contributed by atoms with van der Waals surface area (Å²) in [7, 11) is 0. The zero-order valence-electron chi connectivity index (χ0n) is 10.8. The van der Waals surface area contributed by atoms with Gasteiger partial charge in [0.1, 0.15) is 18.1 Å². The van der Waals surface area contributed by atoms with E-state index in [-0.39, 0.29) is 19.0 Å². The molecule has 2 rings (SSSR count). The van der Waals surface area contributed by atoms with Gasteiger partial charge in [-0.25, -0.2) is 0 Å². The van der Waals surface area contributed by atoms with E-state index in [1.807, 2.05) is 30.3 Å². The highest BCUT2D eigenvalue weighted by molar-refractivity contribution is 6.32. The fourth-order valence-electron chi connectivity index (χ4n) is 1.73. The Morgan fingerprint density at radius 1 is 1.10 bits per heavy atom. The number of benzene rings is 2. The Hall–Kier alpha value is -1.91. The molecular weight excluding hydrogens is 278 g/mol. The summed E-state index contributed by atoms with van der Waals surface area (Å²) in [6, 6.07) is 12.6. The van der Waals surface area contributed by atoms with Crippen molar-refractivity contribution in [3.63, 3.8) is 0 Å². The highest BCUT2D eigenvalue weighted by atomic mass is 35.5. The maximum absolute atomic E-state index is 9.80. The second kappa shape index (κ2) is 7.03. The van der Waals surface area contributed by atoms with Crippen LogP contribution < -0.4 is 10.1 Å². The first-order chi connectivity index (χ1) is 9.70. The summed E-state index contributed by atoms with van der Waals surface area (Å²) in [5.74, 6) is 0.805. The van der Waals surface area contributed by atoms with Gasteiger partial charge in [-0.15, -0.1) is 0 Å². The van der Waals surface area contributed by atoms with Crippen molar-refractivity contribution in [2.75, 3.05) is 18.5 Å². The molecule has 0 radical (unpaired) electrons. The minimum absolute atomic E-state index is 0.00591. The summed E-state index contributed by atoms with van der Waals surface area (Å²) in [5, 5.41) is 22.0. The first-order valence-electron chi connectivity index (χ1n) is 6.24. The lowest BCUT2D eigenvalue weighted by Gasteiger charge is -2.10. The van der Waals surface area contributed by atoms with Crippen LogP contribution in [0.4, 0.5) is 5.69 Å². The third kappa shape index (κ3) is 3.79. The van der Waals surface area contributed by atoms with Gasteiger partial charge in [-0.1, -0.05) is 23.7 Å². The number of anilines is 1. The van der Waals surface area contributed by atoms with E-state index in [1.54, 1.807) is 12.1 Å². The molecule has 0 fully saturated rings. The zero-order valence-corrected chi connectivity index (χ0v) is 11.6. The summed E-state index contributed by atoms with van der Waals surface area (Å²) >= 11 is 5.85. The highest BCUT2D eigenvalue weighted by Gasteiger charge is 2.04. The molecule has 0 aromatic heterocycles. The molecule has 0 spiro atoms. The molecule has 5 heteroatoms. The van der Waals surface area contributed by atoms with E-state index in [9.17, 15) is 5.11 Å². The molecule has 4 nitrogen and oxygen atoms in total. The summed E-state index contributed by atoms with van der Waals surface area (Å²) in [6.45, 7) is 0.750. The Kier molecular flexibility index (Phi) is 5.09. The molecule has 0 heterocycles. The number of rotatable bonds is 6. The lowest BCUT2D eigenvalue weighted by atomic mass is 10.2. The second-order valence-corrected chi connectivity index (χ2v) is 4.60. The normalized spacial score (nSPS) is 10.3. The summed E-state index contributed by atoms with van der Waals surface area (Å²) < 4.78 is 5.27. The van der Waals surface area contributed by atoms with Gasteiger partial charge in [-0.2, -0.15) is 0 Å². The number of phenols is 1. The molecular formula is C15H16ClNO3. The first kappa shape index (κ1) is 14.5. The standard InChI is InChI=1S/C15H16ClNO3/c16-14-3-1-2-11(15(14)19)10-17-12-4-6-13(7-5-12)20-9-8-18/h1-7,17-19H,8-10H2. The Balaban J connectivity index is 1.95. The van der Waals surface area contributed by atoms with Gasteiger partial charge in [-0.3, -0.25) is 0 Å². The molecule has 0 saturated heterocycles. The van der Waals surface area contributed by atoms with Crippen LogP contribution in [0.25, 0.3) is 0 Å². The van der Waals surface area contributed by atoms with Crippen LogP contribution in [0, 0.1) is 0 Å². The van der Waals surface area contributed by atoms with Crippen molar-refractivity contribution in [3.8, 4) is 11.5 Å². The number of hydrogen-bond acceptors (Lipinski definition) is 4. The molecule has 3 N–H and O–H groups in total. The maximum atomic E-state index is 9.80. The largest absolute Gasteiger partial charge is 0.506 e. The fourth-order valence-corrected chi connectivity index (χ4v) is 1.93. The smallest absolute Gasteiger partial charge is 0.139 e. The van der Waals surface area contributed by atoms with Crippen molar-refractivity contribution in [1.82, 2.24) is 0 Å². The minimum atomic E-state index is -0.00591. The van der Waals surface area contributed by atoms with Crippen molar-refractivity contribution in [1.29, 1.82) is 0 Å². The average Bonchev–Trinajstić information content (AvgIpc) is 2.48. The molecule has 0 aliphatic carbocycles. The van der Waals surface area contributed by atoms with Crippen LogP contribution in [-0.4, -0.2) is 23.4 Å². The van der Waals surface area contributed by atoms with Crippen LogP contribution in [0.5, 0.6) is 11.5 Å². The Bertz CT molecular complexity index is 558. The molecule has 0 amide bonds. The van der Waals surface area contributed by atoms with Crippen LogP contribution in [0.15, 0.2) is 42.5 Å². The second-order valence-electron chi connectivity index (χ2n) is 4.20. The Morgan fingerprint density at radius 2 is 1.85 bits per heavy atom. The predicted molar refractivity (Wildman–Crippen MR) is 79.5 cm³/mol. The number of aromatic hydroxyl groups is 1. The van der Waals surface area contributed by atoms with Gasteiger partial charge >= 0.3 is 0 Å². The maximum Gasteiger partial charge on any atom is 0.139 e. The zero-order chi connectivity index (χ0) is 14.4. The van der Waals surface area contributed by atoms with E-state index in [4.69, 9.17) is 21.4 Å². The molecule has 0 bridgehead atoms. The quantitative estimate of drug-likeness (QED) is 0.766. The first-order valence-corrected chi connectivity index (χ1v) is 6.62. The Labute approximate surface area is 122 Å². The van der Waals surface area contributed by atoms with Crippen molar-refractivity contribution >= 4 is 17.3 Å². The van der Waals surface area contributed by atoms with E-state index in [0.717, 1.165) is 11.3 Å². The SMILES string of the molecule is OCCOc1ccc(NCc2cccc(Cl)c2O)cc1. The molecule has 20 heavy (non-hydrogen) atoms. The van der Waals surface area contributed by atoms with Crippen LogP contribution >= 0.6 is 11.6 Å². The molecule has 0 atom stereocenters. The third-order valence-electron chi connectivity index (χ3n) is 2.77. The van der Waals surface area contributed by atoms with Crippen molar-refractivity contribution in [3.05, 3.63) is 53.1 Å². The number of nitrogens with one attached hydrogen (secondary N) is 1. The summed E-state index contributed by atoms with van der Waals surface area (Å²) in [5.41, 5.74) is 1.64. The molecule has 2 aromatic rings. The van der Waals surface area contributed by atoms with Crippen molar-refractivity contribution in [2.45, 2.75) is 6.54 Å². The van der Waals surface area contributed by atoms with Gasteiger partial charge in [-0.05, 0) is 30.3 Å². The molecule has 106 valence electrons. The molecule has 2 aromatic carbocycles. The summed E-state index contributed by atoms with van der Waals surface area (Å²) in [4.78, 5) is 0. The van der Waals surface area contributed by atoms with Crippen LogP contribution in [-0.2, 0) is 6.54 Å². The fraction of sp³-hybridized carbons (Fsp3) is 0.200. The lowest BCUT2D eigenvalue weighted by molar-refractivity contribution is 0.201. The van der Waals surface area contributed by atoms with Gasteiger partial charge < -0.3 is 20.3 Å². The number of halogens is 1. The number of phenolic OH excluding ortho intramolecular Hbond substituents is 1. The van der Waals surface area contributed by atoms with Gasteiger partial charge in [0.2, 0.25) is 0 Å². The molecule has 0 saturated carbocycles. The lowest BCUT2D eigenvalue weighted by Crippen LogP contribution is -2.02. The Morgan fingerprint density at radius 3 is 2.55 bits per heavy atom. The number of hydrogen-bond donors (Lipinski definition) is 3. The summed E-state index contributed by atoms with van der Waals surface area (Å²) in [6.07, 6.45) is 0. The average molecular weight is 294 g/mol. The van der Waals surface area contributed by atoms with E-state index in [0.29, 0.717) is 17.3 Å². The monoisotopic (exact) mass is 293 g/mol. The van der Waals surface area contributed by atoms with Crippen LogP contribution in [0.1, 0.15) is 5.56 Å². The topological polar surface area (TPSA) is 61.7 Å². The van der Waals surface area contributed by atoms with Gasteiger partial charge in [0.15, 0.2) is 0 Å². The number of para-hydroxylation sites is 1. The van der Waals surface area contributed by atoms with E-state index in [1.165, 1.54) is 0 Å². The highest BCUT2D eigenvalue weighted by Crippen LogP contribution is 2.27. The van der Waals surface area contributed by atoms with Crippen molar-refractivity contribution in [2.24, 2.45) is 0 Å². The van der Waals surface area contributed by atoms with Gasteiger partial charge in [0.25, 0.3) is 0 Å². The van der Waals surface area contributed by atoms with Gasteiger partial charge in [0.05, 0.1) is 11.6 Å². The number of ether oxygens (including phenoxy) is 1. The van der Waals surface area contributed by atoms with E-state index >= 15 is 0 Å². The number of aliphatic hydroxyl groups excluding tert-OH is 1. The third-order valence-corrected chi connectivity index (χ3v) is 3.07. The molecule has 0 unspecified atom stereocenters. The molecule has 0 aliphatic heterocycles. The predicted octanol–water partition coefficient (Wildman–Crippen LogP) is 3.03. The van der Waals surface area contributed by atoms with Crippen LogP contribution in [0.2, 0.25) is 5.02 Å². The van der Waals surface area contributed by atoms with Crippen molar-refractivity contribution < 1.29 is 14.9 Å². The van der Waals surface area contributed by atoms with Gasteiger partial charge in [0, 0.05) is 17.8 Å². The van der Waals surface area contributed by atoms with E-state index in [2.05, 4.69) is 5.32 Å². The van der Waals surface area contributed by atoms with Crippen LogP contribution in [0.3, 0.4) is 0 Å². The minimum Gasteiger partial charge on any atom is -0.506 e. The molecule has 0 aliphatic rings. The number of aliphatic hydroxyl groups is 1. The van der Waals surface area contributed by atoms with E-state index < -0.39 is 0 Å².